The molecular weight excluding hydrogens is 286 g/mol. The molecule has 0 bridgehead atoms. The maximum atomic E-state index is 12.1. The third-order valence-electron chi connectivity index (χ3n) is 3.34. The number of nitrogens with one attached hydrogen (secondary N) is 1. The Balaban J connectivity index is 1.98. The van der Waals surface area contributed by atoms with Crippen LogP contribution in [0, 0.1) is 0 Å². The van der Waals surface area contributed by atoms with Gasteiger partial charge < -0.3 is 9.64 Å². The minimum Gasteiger partial charge on any atom is -0.496 e. The highest BCUT2D eigenvalue weighted by Crippen LogP contribution is 2.20. The lowest BCUT2D eigenvalue weighted by Crippen LogP contribution is -2.39. The van der Waals surface area contributed by atoms with Crippen LogP contribution in [0.25, 0.3) is 0 Å². The molecule has 0 saturated heterocycles. The summed E-state index contributed by atoms with van der Waals surface area (Å²) >= 11 is 1.40. The van der Waals surface area contributed by atoms with E-state index in [0.717, 1.165) is 17.7 Å². The maximum Gasteiger partial charge on any atom is 0.323 e. The fourth-order valence-corrected chi connectivity index (χ4v) is 2.51. The van der Waals surface area contributed by atoms with Gasteiger partial charge in [0.25, 0.3) is 0 Å². The molecule has 2 aromatic rings. The third kappa shape index (κ3) is 3.95. The second-order valence-corrected chi connectivity index (χ2v) is 5.64. The highest BCUT2D eigenvalue weighted by molar-refractivity contribution is 7.13. The van der Waals surface area contributed by atoms with Crippen LogP contribution in [0.15, 0.2) is 35.8 Å². The Morgan fingerprint density at radius 2 is 2.24 bits per heavy atom. The number of methoxy groups -OCH3 is 1. The molecule has 6 heteroatoms. The van der Waals surface area contributed by atoms with E-state index in [-0.39, 0.29) is 12.1 Å². The predicted molar refractivity (Wildman–Crippen MR) is 85.1 cm³/mol. The Kier molecular flexibility index (Phi) is 5.16. The number of amides is 2. The largest absolute Gasteiger partial charge is 0.496 e. The summed E-state index contributed by atoms with van der Waals surface area (Å²) in [6.45, 7) is 2.01. The number of rotatable bonds is 5. The number of thiazole rings is 1. The van der Waals surface area contributed by atoms with Gasteiger partial charge in [0.1, 0.15) is 5.75 Å². The van der Waals surface area contributed by atoms with Crippen molar-refractivity contribution in [2.45, 2.75) is 19.4 Å². The molecular formula is C15H19N3O2S. The Labute approximate surface area is 128 Å². The maximum absolute atomic E-state index is 12.1. The Bertz CT molecular complexity index is 586. The molecule has 2 rings (SSSR count). The number of hydrogen-bond acceptors (Lipinski definition) is 4. The average Bonchev–Trinajstić information content (AvgIpc) is 2.99. The van der Waals surface area contributed by atoms with Crippen molar-refractivity contribution >= 4 is 22.5 Å². The minimum atomic E-state index is -0.160. The molecule has 0 aliphatic heterocycles. The summed E-state index contributed by atoms with van der Waals surface area (Å²) in [4.78, 5) is 17.9. The highest BCUT2D eigenvalue weighted by atomic mass is 32.1. The van der Waals surface area contributed by atoms with Crippen LogP contribution >= 0.6 is 11.3 Å². The van der Waals surface area contributed by atoms with Gasteiger partial charge in [0.2, 0.25) is 0 Å². The Morgan fingerprint density at radius 3 is 2.90 bits per heavy atom. The first-order valence-electron chi connectivity index (χ1n) is 6.67. The van der Waals surface area contributed by atoms with Crippen LogP contribution < -0.4 is 10.1 Å². The van der Waals surface area contributed by atoms with Crippen LogP contribution in [0.5, 0.6) is 5.75 Å². The number of likely N-dealkylation sites (N-methyl/N-ethyl adjacent to an activating group) is 1. The molecule has 1 N–H and O–H groups in total. The first kappa shape index (κ1) is 15.3. The quantitative estimate of drug-likeness (QED) is 0.922. The predicted octanol–water partition coefficient (Wildman–Crippen LogP) is 3.25. The average molecular weight is 305 g/mol. The van der Waals surface area contributed by atoms with Crippen LogP contribution in [0.1, 0.15) is 12.5 Å². The van der Waals surface area contributed by atoms with Crippen LogP contribution in [0.4, 0.5) is 9.93 Å². The van der Waals surface area contributed by atoms with Crippen molar-refractivity contribution in [3.8, 4) is 5.75 Å². The number of para-hydroxylation sites is 1. The van der Waals surface area contributed by atoms with Crippen molar-refractivity contribution < 1.29 is 9.53 Å². The number of benzene rings is 1. The van der Waals surface area contributed by atoms with Crippen molar-refractivity contribution in [3.05, 3.63) is 41.4 Å². The molecule has 1 aromatic heterocycles. The van der Waals surface area contributed by atoms with Crippen LogP contribution in [-0.4, -0.2) is 36.1 Å². The lowest BCUT2D eigenvalue weighted by Gasteiger charge is -2.25. The molecule has 1 atom stereocenters. The number of nitrogens with zero attached hydrogens (tertiary/aromatic N) is 2. The fourth-order valence-electron chi connectivity index (χ4n) is 1.99. The van der Waals surface area contributed by atoms with E-state index in [2.05, 4.69) is 10.3 Å². The van der Waals surface area contributed by atoms with Crippen molar-refractivity contribution in [2.75, 3.05) is 19.5 Å². The number of urea groups is 1. The smallest absolute Gasteiger partial charge is 0.323 e. The number of aromatic nitrogens is 1. The Morgan fingerprint density at radius 1 is 1.48 bits per heavy atom. The van der Waals surface area contributed by atoms with Gasteiger partial charge in [-0.25, -0.2) is 9.78 Å². The van der Waals surface area contributed by atoms with E-state index in [4.69, 9.17) is 4.74 Å². The van der Waals surface area contributed by atoms with Crippen molar-refractivity contribution in [1.29, 1.82) is 0 Å². The summed E-state index contributed by atoms with van der Waals surface area (Å²) < 4.78 is 5.34. The molecule has 112 valence electrons. The van der Waals surface area contributed by atoms with E-state index in [1.165, 1.54) is 11.3 Å². The third-order valence-corrected chi connectivity index (χ3v) is 4.02. The summed E-state index contributed by atoms with van der Waals surface area (Å²) in [5.41, 5.74) is 1.08. The molecule has 1 unspecified atom stereocenters. The van der Waals surface area contributed by atoms with Crippen LogP contribution in [-0.2, 0) is 6.42 Å². The highest BCUT2D eigenvalue weighted by Gasteiger charge is 2.18. The van der Waals surface area contributed by atoms with Gasteiger partial charge in [0.15, 0.2) is 5.13 Å². The first-order valence-corrected chi connectivity index (χ1v) is 7.55. The van der Waals surface area contributed by atoms with Crippen molar-refractivity contribution in [2.24, 2.45) is 0 Å². The second kappa shape index (κ2) is 7.08. The summed E-state index contributed by atoms with van der Waals surface area (Å²) in [5, 5.41) is 5.22. The van der Waals surface area contributed by atoms with Crippen LogP contribution in [0.3, 0.4) is 0 Å². The molecule has 1 aromatic carbocycles. The van der Waals surface area contributed by atoms with E-state index in [1.807, 2.05) is 36.6 Å². The number of hydrogen-bond donors (Lipinski definition) is 1. The molecule has 5 nitrogen and oxygen atoms in total. The normalized spacial score (nSPS) is 11.8. The number of anilines is 1. The number of carbonyl (C=O) groups is 1. The van der Waals surface area contributed by atoms with Gasteiger partial charge in [-0.05, 0) is 25.0 Å². The lowest BCUT2D eigenvalue weighted by atomic mass is 10.1. The zero-order valence-corrected chi connectivity index (χ0v) is 13.2. The Hall–Kier alpha value is -2.08. The topological polar surface area (TPSA) is 54.5 Å². The summed E-state index contributed by atoms with van der Waals surface area (Å²) in [5.74, 6) is 0.845. The molecule has 0 aliphatic rings. The molecule has 0 radical (unpaired) electrons. The second-order valence-electron chi connectivity index (χ2n) is 4.74. The molecule has 0 spiro atoms. The van der Waals surface area contributed by atoms with Gasteiger partial charge in [-0.15, -0.1) is 11.3 Å². The fraction of sp³-hybridized carbons (Fsp3) is 0.333. The van der Waals surface area contributed by atoms with E-state index >= 15 is 0 Å². The zero-order valence-electron chi connectivity index (χ0n) is 12.4. The van der Waals surface area contributed by atoms with Gasteiger partial charge in [0, 0.05) is 24.7 Å². The lowest BCUT2D eigenvalue weighted by molar-refractivity contribution is 0.207. The van der Waals surface area contributed by atoms with Gasteiger partial charge in [-0.2, -0.15) is 0 Å². The van der Waals surface area contributed by atoms with Crippen molar-refractivity contribution in [3.63, 3.8) is 0 Å². The number of ether oxygens (including phenoxy) is 1. The first-order chi connectivity index (χ1) is 10.1. The monoisotopic (exact) mass is 305 g/mol. The standard InChI is InChI=1S/C15H19N3O2S/c1-11(10-12-6-4-5-7-13(12)20-3)18(2)15(19)17-14-16-8-9-21-14/h4-9,11H,10H2,1-3H3,(H,16,17,19). The van der Waals surface area contributed by atoms with E-state index < -0.39 is 0 Å². The SMILES string of the molecule is COc1ccccc1CC(C)N(C)C(=O)Nc1nccs1. The van der Waals surface area contributed by atoms with Crippen LogP contribution in [0.2, 0.25) is 0 Å². The summed E-state index contributed by atoms with van der Waals surface area (Å²) in [6.07, 6.45) is 2.39. The van der Waals surface area contributed by atoms with Gasteiger partial charge in [-0.1, -0.05) is 18.2 Å². The van der Waals surface area contributed by atoms with Crippen molar-refractivity contribution in [1.82, 2.24) is 9.88 Å². The zero-order chi connectivity index (χ0) is 15.2. The summed E-state index contributed by atoms with van der Waals surface area (Å²) in [7, 11) is 3.44. The summed E-state index contributed by atoms with van der Waals surface area (Å²) in [6, 6.07) is 7.74. The van der Waals surface area contributed by atoms with Gasteiger partial charge in [-0.3, -0.25) is 5.32 Å². The molecule has 0 fully saturated rings. The van der Waals surface area contributed by atoms with E-state index in [9.17, 15) is 4.79 Å². The molecule has 0 saturated carbocycles. The number of carbonyl (C=O) groups excluding carboxylic acids is 1. The van der Waals surface area contributed by atoms with Gasteiger partial charge >= 0.3 is 6.03 Å². The molecule has 1 heterocycles. The molecule has 2 amide bonds. The molecule has 21 heavy (non-hydrogen) atoms. The van der Waals surface area contributed by atoms with E-state index in [1.54, 1.807) is 25.3 Å². The minimum absolute atomic E-state index is 0.0428. The molecule has 0 aliphatic carbocycles. The van der Waals surface area contributed by atoms with E-state index in [0.29, 0.717) is 5.13 Å². The van der Waals surface area contributed by atoms with Gasteiger partial charge in [0.05, 0.1) is 7.11 Å².